The minimum Gasteiger partial charge on any atom is -0.327 e. The molecule has 1 amide bonds. The zero-order valence-corrected chi connectivity index (χ0v) is 17.6. The molecule has 2 saturated carbocycles. The Morgan fingerprint density at radius 1 is 1.15 bits per heavy atom. The molecule has 0 radical (unpaired) electrons. The van der Waals surface area contributed by atoms with Crippen molar-refractivity contribution < 1.29 is 4.79 Å². The van der Waals surface area contributed by atoms with Crippen LogP contribution in [0.4, 0.5) is 5.69 Å². The number of carbonyl (C=O) groups excluding carboxylic acids is 1. The Labute approximate surface area is 168 Å². The molecule has 1 heterocycles. The lowest BCUT2D eigenvalue weighted by Gasteiger charge is -2.35. The summed E-state index contributed by atoms with van der Waals surface area (Å²) >= 11 is 5.32. The molecule has 4 rings (SSSR count). The first-order valence-electron chi connectivity index (χ1n) is 9.68. The first kappa shape index (κ1) is 18.4. The fraction of sp³-hybridized carbons (Fsp3) is 0.600. The molecule has 1 saturated heterocycles. The van der Waals surface area contributed by atoms with E-state index in [0.717, 1.165) is 15.9 Å². The summed E-state index contributed by atoms with van der Waals surface area (Å²) < 4.78 is 1.03. The van der Waals surface area contributed by atoms with Crippen LogP contribution in [0.2, 0.25) is 0 Å². The van der Waals surface area contributed by atoms with Crippen LogP contribution in [-0.2, 0) is 4.79 Å². The van der Waals surface area contributed by atoms with E-state index in [0.29, 0.717) is 12.1 Å². The van der Waals surface area contributed by atoms with Crippen LogP contribution in [0.25, 0.3) is 0 Å². The van der Waals surface area contributed by atoms with Gasteiger partial charge in [-0.25, -0.2) is 0 Å². The van der Waals surface area contributed by atoms with E-state index in [4.69, 9.17) is 4.99 Å². The van der Waals surface area contributed by atoms with E-state index < -0.39 is 0 Å². The van der Waals surface area contributed by atoms with E-state index in [9.17, 15) is 4.79 Å². The van der Waals surface area contributed by atoms with Crippen molar-refractivity contribution in [3.63, 3.8) is 0 Å². The van der Waals surface area contributed by atoms with Crippen molar-refractivity contribution in [1.82, 2.24) is 4.90 Å². The van der Waals surface area contributed by atoms with E-state index in [2.05, 4.69) is 20.8 Å². The Kier molecular flexibility index (Phi) is 5.60. The van der Waals surface area contributed by atoms with Crippen molar-refractivity contribution in [2.45, 2.75) is 70.1 Å². The normalized spacial score (nSPS) is 25.7. The van der Waals surface area contributed by atoms with E-state index in [-0.39, 0.29) is 12.1 Å². The monoisotopic (exact) mass is 435 g/mol. The van der Waals surface area contributed by atoms with Gasteiger partial charge in [-0.3, -0.25) is 14.7 Å². The maximum Gasteiger partial charge on any atom is 0.225 e. The summed E-state index contributed by atoms with van der Waals surface area (Å²) in [6.45, 7) is 1.67. The first-order valence-corrected chi connectivity index (χ1v) is 11.5. The number of hydrogen-bond donors (Lipinski definition) is 0. The summed E-state index contributed by atoms with van der Waals surface area (Å²) in [5.74, 6) is 1.00. The van der Waals surface area contributed by atoms with Gasteiger partial charge in [0.05, 0.1) is 6.04 Å². The number of nitrogens with zero attached hydrogens (tertiary/aromatic N) is 3. The highest BCUT2D eigenvalue weighted by Gasteiger charge is 2.44. The number of aliphatic imine (C=N–C) groups is 1. The van der Waals surface area contributed by atoms with E-state index in [1.165, 1.54) is 50.1 Å². The molecule has 0 spiro atoms. The number of carbonyl (C=O) groups is 1. The molecule has 1 aromatic rings. The van der Waals surface area contributed by atoms with Gasteiger partial charge in [-0.15, -0.1) is 0 Å². The average molecular weight is 436 g/mol. The van der Waals surface area contributed by atoms with Crippen LogP contribution >= 0.6 is 27.7 Å². The number of amides is 1. The van der Waals surface area contributed by atoms with Crippen molar-refractivity contribution in [3.05, 3.63) is 28.7 Å². The lowest BCUT2D eigenvalue weighted by atomic mass is 9.96. The summed E-state index contributed by atoms with van der Waals surface area (Å²) in [5.41, 5.74) is 0.968. The molecule has 26 heavy (non-hydrogen) atoms. The van der Waals surface area contributed by atoms with Gasteiger partial charge in [0, 0.05) is 28.9 Å². The first-order chi connectivity index (χ1) is 12.6. The van der Waals surface area contributed by atoms with Gasteiger partial charge in [0.1, 0.15) is 6.17 Å². The molecule has 0 aromatic heterocycles. The molecule has 140 valence electrons. The lowest BCUT2D eigenvalue weighted by Crippen LogP contribution is -2.51. The second-order valence-corrected chi connectivity index (χ2v) is 9.40. The standard InChI is InChI=1S/C20H26BrN3OS/c1-14(25)23(17-9-7-15(21)8-10-17)19-13-26-20(24(19)18-11-12-18)22-16-5-3-2-4-6-16/h7-10,16,18-19H,2-6,11-13H2,1H3. The zero-order valence-electron chi connectivity index (χ0n) is 15.2. The molecular formula is C20H26BrN3OS. The SMILES string of the molecule is CC(=O)N(c1ccc(Br)cc1)C1CSC(=NC2CCCCC2)N1C1CC1. The Hall–Kier alpha value is -1.01. The topological polar surface area (TPSA) is 35.9 Å². The quantitative estimate of drug-likeness (QED) is 0.665. The van der Waals surface area contributed by atoms with Gasteiger partial charge in [0.2, 0.25) is 5.91 Å². The Morgan fingerprint density at radius 2 is 1.85 bits per heavy atom. The van der Waals surface area contributed by atoms with Crippen LogP contribution in [0.1, 0.15) is 51.9 Å². The maximum atomic E-state index is 12.5. The second kappa shape index (κ2) is 7.93. The highest BCUT2D eigenvalue weighted by molar-refractivity contribution is 9.10. The van der Waals surface area contributed by atoms with Crippen molar-refractivity contribution in [3.8, 4) is 0 Å². The van der Waals surface area contributed by atoms with Gasteiger partial charge in [0.15, 0.2) is 5.17 Å². The molecule has 1 unspecified atom stereocenters. The third-order valence-corrected chi connectivity index (χ3v) is 7.02. The minimum absolute atomic E-state index is 0.0773. The number of benzene rings is 1. The molecule has 1 aliphatic heterocycles. The van der Waals surface area contributed by atoms with Crippen molar-refractivity contribution in [2.75, 3.05) is 10.7 Å². The predicted molar refractivity (Wildman–Crippen MR) is 113 cm³/mol. The number of halogens is 1. The van der Waals surface area contributed by atoms with Crippen LogP contribution in [0, 0.1) is 0 Å². The minimum atomic E-state index is 0.0773. The third-order valence-electron chi connectivity index (χ3n) is 5.45. The number of hydrogen-bond acceptors (Lipinski definition) is 3. The molecule has 2 aliphatic carbocycles. The molecule has 0 bridgehead atoms. The van der Waals surface area contributed by atoms with E-state index in [1.807, 2.05) is 40.9 Å². The smallest absolute Gasteiger partial charge is 0.225 e. The summed E-state index contributed by atoms with van der Waals surface area (Å²) in [7, 11) is 0. The van der Waals surface area contributed by atoms with Gasteiger partial charge in [-0.2, -0.15) is 0 Å². The van der Waals surface area contributed by atoms with Crippen LogP contribution < -0.4 is 4.90 Å². The summed E-state index contributed by atoms with van der Waals surface area (Å²) in [6.07, 6.45) is 8.90. The lowest BCUT2D eigenvalue weighted by molar-refractivity contribution is -0.117. The molecule has 6 heteroatoms. The van der Waals surface area contributed by atoms with Crippen molar-refractivity contribution in [1.29, 1.82) is 0 Å². The van der Waals surface area contributed by atoms with Crippen molar-refractivity contribution >= 4 is 44.5 Å². The highest BCUT2D eigenvalue weighted by Crippen LogP contribution is 2.40. The highest BCUT2D eigenvalue weighted by atomic mass is 79.9. The van der Waals surface area contributed by atoms with Crippen LogP contribution in [0.15, 0.2) is 33.7 Å². The molecule has 3 aliphatic rings. The predicted octanol–water partition coefficient (Wildman–Crippen LogP) is 5.03. The van der Waals surface area contributed by atoms with Crippen molar-refractivity contribution in [2.24, 2.45) is 4.99 Å². The summed E-state index contributed by atoms with van der Waals surface area (Å²) in [4.78, 5) is 22.1. The fourth-order valence-electron chi connectivity index (χ4n) is 4.02. The Morgan fingerprint density at radius 3 is 2.46 bits per heavy atom. The van der Waals surface area contributed by atoms with Gasteiger partial charge >= 0.3 is 0 Å². The average Bonchev–Trinajstić information content (AvgIpc) is 3.40. The second-order valence-electron chi connectivity index (χ2n) is 7.50. The summed E-state index contributed by atoms with van der Waals surface area (Å²) in [6, 6.07) is 9.09. The molecule has 0 N–H and O–H groups in total. The van der Waals surface area contributed by atoms with E-state index in [1.54, 1.807) is 6.92 Å². The molecule has 3 fully saturated rings. The van der Waals surface area contributed by atoms with E-state index >= 15 is 0 Å². The molecule has 1 aromatic carbocycles. The zero-order chi connectivity index (χ0) is 18.1. The number of rotatable bonds is 4. The van der Waals surface area contributed by atoms with Gasteiger partial charge in [-0.1, -0.05) is 47.0 Å². The number of amidine groups is 1. The van der Waals surface area contributed by atoms with Gasteiger partial charge in [0.25, 0.3) is 0 Å². The third kappa shape index (κ3) is 3.96. The molecule has 4 nitrogen and oxygen atoms in total. The summed E-state index contributed by atoms with van der Waals surface area (Å²) in [5, 5.41) is 1.17. The van der Waals surface area contributed by atoms with Gasteiger partial charge < -0.3 is 4.90 Å². The largest absolute Gasteiger partial charge is 0.327 e. The van der Waals surface area contributed by atoms with Gasteiger partial charge in [-0.05, 0) is 49.9 Å². The Balaban J connectivity index is 1.60. The van der Waals surface area contributed by atoms with Crippen LogP contribution in [0.3, 0.4) is 0 Å². The molecule has 1 atom stereocenters. The molecular weight excluding hydrogens is 410 g/mol. The number of thioether (sulfide) groups is 1. The van der Waals surface area contributed by atoms with Crippen LogP contribution in [0.5, 0.6) is 0 Å². The fourth-order valence-corrected chi connectivity index (χ4v) is 5.53. The van der Waals surface area contributed by atoms with Crippen LogP contribution in [-0.4, -0.2) is 40.0 Å². The number of anilines is 1. The maximum absolute atomic E-state index is 12.5. The Bertz CT molecular complexity index is 683.